The van der Waals surface area contributed by atoms with Crippen LogP contribution in [0.25, 0.3) is 5.69 Å². The van der Waals surface area contributed by atoms with Gasteiger partial charge < -0.3 is 9.64 Å². The standard InChI is InChI=1S/C20H20N4O2S2/c1-14-11-23(17-5-3-4-6-18(17)28-14)19(25)12-27-20-22-21-13-24(20)15-7-9-16(26-2)10-8-15/h3-10,13-14H,11-12H2,1-2H3/t14-/m0/s1. The van der Waals surface area contributed by atoms with E-state index in [9.17, 15) is 4.79 Å². The van der Waals surface area contributed by atoms with Crippen LogP contribution >= 0.6 is 23.5 Å². The summed E-state index contributed by atoms with van der Waals surface area (Å²) < 4.78 is 7.08. The molecule has 8 heteroatoms. The molecule has 0 spiro atoms. The first-order valence-corrected chi connectivity index (χ1v) is 10.8. The van der Waals surface area contributed by atoms with E-state index in [0.29, 0.717) is 22.7 Å². The predicted molar refractivity (Wildman–Crippen MR) is 113 cm³/mol. The number of ether oxygens (including phenoxy) is 1. The second kappa shape index (κ2) is 8.28. The third kappa shape index (κ3) is 3.88. The minimum atomic E-state index is 0.0777. The van der Waals surface area contributed by atoms with E-state index in [1.165, 1.54) is 11.8 Å². The molecule has 0 radical (unpaired) electrons. The monoisotopic (exact) mass is 412 g/mol. The van der Waals surface area contributed by atoms with Crippen molar-refractivity contribution in [2.75, 3.05) is 24.3 Å². The van der Waals surface area contributed by atoms with E-state index in [-0.39, 0.29) is 5.91 Å². The quantitative estimate of drug-likeness (QED) is 0.593. The van der Waals surface area contributed by atoms with E-state index in [0.717, 1.165) is 22.0 Å². The molecule has 2 heterocycles. The number of carbonyl (C=O) groups is 1. The highest BCUT2D eigenvalue weighted by Gasteiger charge is 2.27. The van der Waals surface area contributed by atoms with Gasteiger partial charge in [0.05, 0.1) is 18.6 Å². The van der Waals surface area contributed by atoms with Crippen molar-refractivity contribution >= 4 is 35.1 Å². The first kappa shape index (κ1) is 18.9. The van der Waals surface area contributed by atoms with Crippen molar-refractivity contribution in [3.05, 3.63) is 54.9 Å². The lowest BCUT2D eigenvalue weighted by molar-refractivity contribution is -0.116. The zero-order valence-corrected chi connectivity index (χ0v) is 17.2. The van der Waals surface area contributed by atoms with Gasteiger partial charge in [0.15, 0.2) is 5.16 Å². The summed E-state index contributed by atoms with van der Waals surface area (Å²) in [4.78, 5) is 16.0. The number of thioether (sulfide) groups is 2. The summed E-state index contributed by atoms with van der Waals surface area (Å²) in [6.07, 6.45) is 1.66. The lowest BCUT2D eigenvalue weighted by Crippen LogP contribution is -2.39. The molecule has 0 bridgehead atoms. The Kier molecular flexibility index (Phi) is 5.59. The van der Waals surface area contributed by atoms with Gasteiger partial charge in [-0.05, 0) is 36.4 Å². The molecule has 6 nitrogen and oxygen atoms in total. The number of hydrogen-bond acceptors (Lipinski definition) is 6. The molecule has 2 aromatic carbocycles. The molecule has 0 fully saturated rings. The fourth-order valence-electron chi connectivity index (χ4n) is 3.07. The maximum absolute atomic E-state index is 13.0. The molecule has 0 aliphatic carbocycles. The van der Waals surface area contributed by atoms with Crippen LogP contribution in [0.1, 0.15) is 6.92 Å². The number of nitrogens with zero attached hydrogens (tertiary/aromatic N) is 4. The summed E-state index contributed by atoms with van der Waals surface area (Å²) in [5.41, 5.74) is 1.92. The maximum atomic E-state index is 13.0. The van der Waals surface area contributed by atoms with Gasteiger partial charge >= 0.3 is 0 Å². The molecule has 144 valence electrons. The summed E-state index contributed by atoms with van der Waals surface area (Å²) >= 11 is 3.21. The smallest absolute Gasteiger partial charge is 0.237 e. The fraction of sp³-hybridized carbons (Fsp3) is 0.250. The molecule has 0 N–H and O–H groups in total. The molecule has 1 aliphatic heterocycles. The molecular weight excluding hydrogens is 392 g/mol. The second-order valence-corrected chi connectivity index (χ2v) is 8.79. The van der Waals surface area contributed by atoms with Gasteiger partial charge in [-0.3, -0.25) is 9.36 Å². The molecule has 1 atom stereocenters. The van der Waals surface area contributed by atoms with Crippen LogP contribution < -0.4 is 9.64 Å². The Morgan fingerprint density at radius 3 is 2.82 bits per heavy atom. The zero-order valence-electron chi connectivity index (χ0n) is 15.6. The summed E-state index contributed by atoms with van der Waals surface area (Å²) in [7, 11) is 1.64. The number of amides is 1. The third-order valence-corrected chi connectivity index (χ3v) is 6.50. The van der Waals surface area contributed by atoms with Crippen LogP contribution in [0, 0.1) is 0 Å². The van der Waals surface area contributed by atoms with Gasteiger partial charge in [-0.1, -0.05) is 30.8 Å². The van der Waals surface area contributed by atoms with Crippen LogP contribution in [0.15, 0.2) is 64.9 Å². The summed E-state index contributed by atoms with van der Waals surface area (Å²) in [6.45, 7) is 2.86. The fourth-order valence-corrected chi connectivity index (χ4v) is 4.99. The van der Waals surface area contributed by atoms with Crippen molar-refractivity contribution < 1.29 is 9.53 Å². The van der Waals surface area contributed by atoms with Crippen molar-refractivity contribution in [1.29, 1.82) is 0 Å². The van der Waals surface area contributed by atoms with Crippen molar-refractivity contribution in [2.45, 2.75) is 22.2 Å². The largest absolute Gasteiger partial charge is 0.497 e. The number of fused-ring (bicyclic) bond motifs is 1. The average Bonchev–Trinajstić information content (AvgIpc) is 3.20. The van der Waals surface area contributed by atoms with E-state index in [1.807, 2.05) is 63.7 Å². The van der Waals surface area contributed by atoms with Crippen molar-refractivity contribution in [3.63, 3.8) is 0 Å². The van der Waals surface area contributed by atoms with Gasteiger partial charge in [0, 0.05) is 22.4 Å². The van der Waals surface area contributed by atoms with E-state index >= 15 is 0 Å². The highest BCUT2D eigenvalue weighted by atomic mass is 32.2. The Morgan fingerprint density at radius 1 is 1.25 bits per heavy atom. The second-order valence-electron chi connectivity index (χ2n) is 6.37. The number of hydrogen-bond donors (Lipinski definition) is 0. The predicted octanol–water partition coefficient (Wildman–Crippen LogP) is 3.90. The first-order valence-electron chi connectivity index (χ1n) is 8.89. The minimum Gasteiger partial charge on any atom is -0.497 e. The number of rotatable bonds is 5. The topological polar surface area (TPSA) is 60.2 Å². The van der Waals surface area contributed by atoms with E-state index in [2.05, 4.69) is 23.2 Å². The maximum Gasteiger partial charge on any atom is 0.237 e. The van der Waals surface area contributed by atoms with Gasteiger partial charge in [-0.15, -0.1) is 22.0 Å². The lowest BCUT2D eigenvalue weighted by atomic mass is 10.2. The number of para-hydroxylation sites is 1. The van der Waals surface area contributed by atoms with E-state index < -0.39 is 0 Å². The first-order chi connectivity index (χ1) is 13.7. The Morgan fingerprint density at radius 2 is 2.04 bits per heavy atom. The minimum absolute atomic E-state index is 0.0777. The molecule has 3 aromatic rings. The number of anilines is 1. The van der Waals surface area contributed by atoms with Gasteiger partial charge in [0.25, 0.3) is 0 Å². The van der Waals surface area contributed by atoms with E-state index in [4.69, 9.17) is 4.74 Å². The molecule has 4 rings (SSSR count). The zero-order chi connectivity index (χ0) is 19.5. The van der Waals surface area contributed by atoms with Crippen LogP contribution in [0.5, 0.6) is 5.75 Å². The SMILES string of the molecule is COc1ccc(-n2cnnc2SCC(=O)N2C[C@H](C)Sc3ccccc32)cc1. The third-order valence-electron chi connectivity index (χ3n) is 4.42. The highest BCUT2D eigenvalue weighted by Crippen LogP contribution is 2.38. The molecule has 28 heavy (non-hydrogen) atoms. The molecule has 1 aromatic heterocycles. The lowest BCUT2D eigenvalue weighted by Gasteiger charge is -2.32. The summed E-state index contributed by atoms with van der Waals surface area (Å²) in [5, 5.41) is 9.25. The van der Waals surface area contributed by atoms with Crippen LogP contribution in [0.3, 0.4) is 0 Å². The van der Waals surface area contributed by atoms with Gasteiger partial charge in [-0.25, -0.2) is 0 Å². The van der Waals surface area contributed by atoms with Crippen LogP contribution in [0.4, 0.5) is 5.69 Å². The Bertz CT molecular complexity index is 974. The van der Waals surface area contributed by atoms with Crippen LogP contribution in [-0.4, -0.2) is 45.3 Å². The molecular formula is C20H20N4O2S2. The Hall–Kier alpha value is -2.45. The van der Waals surface area contributed by atoms with Crippen molar-refractivity contribution in [2.24, 2.45) is 0 Å². The Balaban J connectivity index is 1.48. The van der Waals surface area contributed by atoms with Crippen molar-refractivity contribution in [3.8, 4) is 11.4 Å². The number of carbonyl (C=O) groups excluding carboxylic acids is 1. The van der Waals surface area contributed by atoms with Crippen LogP contribution in [0.2, 0.25) is 0 Å². The van der Waals surface area contributed by atoms with E-state index in [1.54, 1.807) is 13.4 Å². The summed E-state index contributed by atoms with van der Waals surface area (Å²) in [6, 6.07) is 15.7. The van der Waals surface area contributed by atoms with Crippen LogP contribution in [-0.2, 0) is 4.79 Å². The normalized spacial score (nSPS) is 15.9. The van der Waals surface area contributed by atoms with Gasteiger partial charge in [0.1, 0.15) is 12.1 Å². The molecule has 0 unspecified atom stereocenters. The van der Waals surface area contributed by atoms with Gasteiger partial charge in [-0.2, -0.15) is 0 Å². The Labute approximate surface area is 172 Å². The highest BCUT2D eigenvalue weighted by molar-refractivity contribution is 8.00. The molecule has 1 aliphatic rings. The summed E-state index contributed by atoms with van der Waals surface area (Å²) in [5.74, 6) is 1.17. The van der Waals surface area contributed by atoms with Gasteiger partial charge in [0.2, 0.25) is 5.91 Å². The molecule has 1 amide bonds. The average molecular weight is 413 g/mol. The number of aromatic nitrogens is 3. The molecule has 0 saturated carbocycles. The number of methoxy groups -OCH3 is 1. The number of benzene rings is 2. The van der Waals surface area contributed by atoms with Crippen molar-refractivity contribution in [1.82, 2.24) is 14.8 Å². The molecule has 0 saturated heterocycles.